The third kappa shape index (κ3) is 3.63. The van der Waals surface area contributed by atoms with Crippen LogP contribution in [0, 0.1) is 0 Å². The van der Waals surface area contributed by atoms with Crippen LogP contribution in [-0.4, -0.2) is 43.5 Å². The highest BCUT2D eigenvalue weighted by molar-refractivity contribution is 7.17. The first kappa shape index (κ1) is 20.9. The van der Waals surface area contributed by atoms with Gasteiger partial charge in [-0.05, 0) is 0 Å². The van der Waals surface area contributed by atoms with Crippen LogP contribution in [0.15, 0.2) is 16.9 Å². The van der Waals surface area contributed by atoms with Crippen molar-refractivity contribution in [2.45, 2.75) is 25.0 Å². The zero-order valence-electron chi connectivity index (χ0n) is 14.5. The minimum atomic E-state index is -4.77. The van der Waals surface area contributed by atoms with E-state index in [9.17, 15) is 36.2 Å². The standard InChI is InChI=1S/C15H10ClF6N5O2S/c16-9-2-8(14(17,18)19)24-26(9)3-6-1-10(29)27-12(25-4-7(28)5-25)11(15(20,21)22)30-13(27)23-6/h1-2,7,28H,3-5H2. The highest BCUT2D eigenvalue weighted by Crippen LogP contribution is 2.43. The molecule has 4 heterocycles. The second-order valence-electron chi connectivity index (χ2n) is 6.52. The van der Waals surface area contributed by atoms with Gasteiger partial charge in [0.1, 0.15) is 11.0 Å². The van der Waals surface area contributed by atoms with Crippen molar-refractivity contribution >= 4 is 33.7 Å². The number of aromatic nitrogens is 4. The van der Waals surface area contributed by atoms with Gasteiger partial charge in [0, 0.05) is 25.2 Å². The van der Waals surface area contributed by atoms with Gasteiger partial charge in [-0.3, -0.25) is 4.79 Å². The fourth-order valence-corrected chi connectivity index (χ4v) is 4.23. The predicted octanol–water partition coefficient (Wildman–Crippen LogP) is 2.87. The number of hydrogen-bond donors (Lipinski definition) is 1. The molecule has 0 aliphatic carbocycles. The van der Waals surface area contributed by atoms with E-state index in [1.54, 1.807) is 0 Å². The third-order valence-electron chi connectivity index (χ3n) is 4.30. The summed E-state index contributed by atoms with van der Waals surface area (Å²) in [7, 11) is 0. The summed E-state index contributed by atoms with van der Waals surface area (Å²) in [5.74, 6) is -0.423. The fourth-order valence-electron chi connectivity index (χ4n) is 2.98. The van der Waals surface area contributed by atoms with E-state index >= 15 is 0 Å². The molecule has 162 valence electrons. The summed E-state index contributed by atoms with van der Waals surface area (Å²) in [4.78, 5) is 16.4. The summed E-state index contributed by atoms with van der Waals surface area (Å²) < 4.78 is 80.3. The molecule has 0 saturated carbocycles. The average Bonchev–Trinajstić information content (AvgIpc) is 3.13. The number of rotatable bonds is 3. The third-order valence-corrected chi connectivity index (χ3v) is 5.68. The van der Waals surface area contributed by atoms with Gasteiger partial charge in [-0.1, -0.05) is 22.9 Å². The van der Waals surface area contributed by atoms with Gasteiger partial charge >= 0.3 is 12.4 Å². The van der Waals surface area contributed by atoms with Gasteiger partial charge in [-0.2, -0.15) is 31.4 Å². The quantitative estimate of drug-likeness (QED) is 0.592. The van der Waals surface area contributed by atoms with Gasteiger partial charge in [0.2, 0.25) is 0 Å². The molecule has 1 fully saturated rings. The Morgan fingerprint density at radius 2 is 1.83 bits per heavy atom. The molecule has 1 aliphatic rings. The monoisotopic (exact) mass is 473 g/mol. The molecule has 7 nitrogen and oxygen atoms in total. The van der Waals surface area contributed by atoms with E-state index in [1.165, 1.54) is 4.90 Å². The van der Waals surface area contributed by atoms with Crippen molar-refractivity contribution in [3.05, 3.63) is 43.9 Å². The van der Waals surface area contributed by atoms with E-state index in [0.717, 1.165) is 15.1 Å². The van der Waals surface area contributed by atoms with Gasteiger partial charge < -0.3 is 10.0 Å². The molecule has 4 rings (SSSR count). The molecular weight excluding hydrogens is 464 g/mol. The van der Waals surface area contributed by atoms with Crippen LogP contribution < -0.4 is 10.5 Å². The van der Waals surface area contributed by atoms with Crippen LogP contribution >= 0.6 is 22.9 Å². The van der Waals surface area contributed by atoms with Crippen LogP contribution in [-0.2, 0) is 18.9 Å². The van der Waals surface area contributed by atoms with E-state index in [4.69, 9.17) is 11.6 Å². The number of anilines is 1. The largest absolute Gasteiger partial charge is 0.435 e. The molecule has 1 N–H and O–H groups in total. The highest BCUT2D eigenvalue weighted by atomic mass is 35.5. The molecule has 0 spiro atoms. The van der Waals surface area contributed by atoms with Crippen molar-refractivity contribution in [2.24, 2.45) is 0 Å². The van der Waals surface area contributed by atoms with Crippen molar-refractivity contribution in [1.29, 1.82) is 0 Å². The Labute approximate surface area is 171 Å². The molecule has 0 amide bonds. The topological polar surface area (TPSA) is 75.7 Å². The van der Waals surface area contributed by atoms with Crippen molar-refractivity contribution in [1.82, 2.24) is 19.2 Å². The molecule has 1 saturated heterocycles. The summed E-state index contributed by atoms with van der Waals surface area (Å²) in [6.45, 7) is -0.601. The zero-order valence-corrected chi connectivity index (χ0v) is 16.1. The van der Waals surface area contributed by atoms with Crippen molar-refractivity contribution < 1.29 is 31.4 Å². The molecule has 15 heteroatoms. The number of hydrogen-bond acceptors (Lipinski definition) is 6. The van der Waals surface area contributed by atoms with Gasteiger partial charge in [0.15, 0.2) is 15.5 Å². The van der Waals surface area contributed by atoms with Crippen LogP contribution in [0.4, 0.5) is 32.2 Å². The Morgan fingerprint density at radius 1 is 1.17 bits per heavy atom. The second-order valence-corrected chi connectivity index (χ2v) is 7.89. The summed E-state index contributed by atoms with van der Waals surface area (Å²) in [6.07, 6.45) is -10.3. The summed E-state index contributed by atoms with van der Waals surface area (Å²) in [5, 5.41) is 12.4. The summed E-state index contributed by atoms with van der Waals surface area (Å²) in [6, 6.07) is 1.50. The van der Waals surface area contributed by atoms with Gasteiger partial charge in [0.25, 0.3) is 5.56 Å². The molecule has 3 aromatic rings. The minimum Gasteiger partial charge on any atom is -0.389 e. The highest BCUT2D eigenvalue weighted by Gasteiger charge is 2.42. The number of aliphatic hydroxyl groups excluding tert-OH is 1. The number of thiazole rings is 1. The molecule has 0 atom stereocenters. The summed E-state index contributed by atoms with van der Waals surface area (Å²) >= 11 is 5.97. The lowest BCUT2D eigenvalue weighted by Crippen LogP contribution is -2.52. The Kier molecular flexibility index (Phi) is 4.78. The Hall–Kier alpha value is -2.32. The van der Waals surface area contributed by atoms with Crippen molar-refractivity contribution in [2.75, 3.05) is 18.0 Å². The van der Waals surface area contributed by atoms with Crippen LogP contribution in [0.2, 0.25) is 5.15 Å². The minimum absolute atomic E-state index is 0.0772. The van der Waals surface area contributed by atoms with Crippen molar-refractivity contribution in [3.8, 4) is 0 Å². The SMILES string of the molecule is O=c1cc(Cn2nc(C(F)(F)F)cc2Cl)nc2sc(C(F)(F)F)c(N3CC(O)C3)n12. The molecule has 0 radical (unpaired) electrons. The molecule has 30 heavy (non-hydrogen) atoms. The maximum atomic E-state index is 13.5. The molecule has 0 unspecified atom stereocenters. The van der Waals surface area contributed by atoms with E-state index in [2.05, 4.69) is 10.1 Å². The molecule has 0 bridgehead atoms. The lowest BCUT2D eigenvalue weighted by atomic mass is 10.1. The lowest BCUT2D eigenvalue weighted by Gasteiger charge is -2.37. The normalized spacial score (nSPS) is 15.8. The number of alkyl halides is 6. The molecule has 0 aromatic carbocycles. The predicted molar refractivity (Wildman–Crippen MR) is 93.9 cm³/mol. The maximum absolute atomic E-state index is 13.5. The van der Waals surface area contributed by atoms with Gasteiger partial charge in [0.05, 0.1) is 18.3 Å². The summed E-state index contributed by atoms with van der Waals surface area (Å²) in [5.41, 5.74) is -2.21. The van der Waals surface area contributed by atoms with E-state index in [1.807, 2.05) is 0 Å². The van der Waals surface area contributed by atoms with Crippen LogP contribution in [0.5, 0.6) is 0 Å². The van der Waals surface area contributed by atoms with Gasteiger partial charge in [-0.15, -0.1) is 0 Å². The van der Waals surface area contributed by atoms with E-state index < -0.39 is 46.9 Å². The number of nitrogens with zero attached hydrogens (tertiary/aromatic N) is 5. The number of halogens is 7. The van der Waals surface area contributed by atoms with Gasteiger partial charge in [-0.25, -0.2) is 14.1 Å². The second kappa shape index (κ2) is 6.85. The van der Waals surface area contributed by atoms with Crippen LogP contribution in [0.1, 0.15) is 16.3 Å². The smallest absolute Gasteiger partial charge is 0.389 e. The first-order valence-corrected chi connectivity index (χ1v) is 9.40. The van der Waals surface area contributed by atoms with E-state index in [-0.39, 0.29) is 40.2 Å². The number of fused-ring (bicyclic) bond motifs is 1. The van der Waals surface area contributed by atoms with Crippen LogP contribution in [0.25, 0.3) is 4.96 Å². The number of β-amino-alcohol motifs (C(OH)–C–C–N with tert-alkyl or cyclic N) is 1. The molecule has 3 aromatic heterocycles. The zero-order chi connectivity index (χ0) is 22.0. The molecule has 1 aliphatic heterocycles. The maximum Gasteiger partial charge on any atom is 0.435 e. The number of aliphatic hydroxyl groups is 1. The first-order valence-electron chi connectivity index (χ1n) is 8.21. The Balaban J connectivity index is 1.78. The average molecular weight is 474 g/mol. The van der Waals surface area contributed by atoms with Crippen LogP contribution in [0.3, 0.4) is 0 Å². The van der Waals surface area contributed by atoms with Crippen molar-refractivity contribution in [3.63, 3.8) is 0 Å². The lowest BCUT2D eigenvalue weighted by molar-refractivity contribution is -0.141. The Morgan fingerprint density at radius 3 is 2.37 bits per heavy atom. The fraction of sp³-hybridized carbons (Fsp3) is 0.400. The van der Waals surface area contributed by atoms with E-state index in [0.29, 0.717) is 6.07 Å². The first-order chi connectivity index (χ1) is 13.8. The Bertz CT molecular complexity index is 1180. The molecular formula is C15H10ClF6N5O2S.